The van der Waals surface area contributed by atoms with E-state index >= 15 is 0 Å². The van der Waals surface area contributed by atoms with Crippen LogP contribution in [0.15, 0.2) is 47.5 Å². The molecule has 0 fully saturated rings. The molecule has 0 radical (unpaired) electrons. The van der Waals surface area contributed by atoms with Crippen molar-refractivity contribution in [1.29, 1.82) is 0 Å². The van der Waals surface area contributed by atoms with Crippen LogP contribution in [0.25, 0.3) is 0 Å². The summed E-state index contributed by atoms with van der Waals surface area (Å²) in [5.41, 5.74) is 8.02. The highest BCUT2D eigenvalue weighted by Gasteiger charge is 2.30. The van der Waals surface area contributed by atoms with Gasteiger partial charge in [-0.2, -0.15) is 0 Å². The summed E-state index contributed by atoms with van der Waals surface area (Å²) in [5.74, 6) is -0.478. The van der Waals surface area contributed by atoms with E-state index in [1.165, 1.54) is 36.4 Å². The summed E-state index contributed by atoms with van der Waals surface area (Å²) in [5, 5.41) is 2.77. The number of halogens is 5. The molecule has 0 aromatic heterocycles. The molecule has 26 heavy (non-hydrogen) atoms. The molecule has 0 spiro atoms. The number of nitrogens with zero attached hydrogens (tertiary/aromatic N) is 1. The summed E-state index contributed by atoms with van der Waals surface area (Å²) >= 11 is 0. The molecular weight excluding hydrogens is 465 g/mol. The largest absolute Gasteiger partial charge is 0.573 e. The highest BCUT2D eigenvalue weighted by Crippen LogP contribution is 2.23. The molecule has 4 nitrogen and oxygen atoms in total. The summed E-state index contributed by atoms with van der Waals surface area (Å²) in [7, 11) is 0. The van der Waals surface area contributed by atoms with Crippen molar-refractivity contribution >= 4 is 35.6 Å². The van der Waals surface area contributed by atoms with E-state index in [1.54, 1.807) is 6.07 Å². The number of alkyl halides is 3. The molecule has 0 saturated heterocycles. The summed E-state index contributed by atoms with van der Waals surface area (Å²) in [6.07, 6.45) is -4.14. The fourth-order valence-corrected chi connectivity index (χ4v) is 2.16. The average molecular weight is 483 g/mol. The first kappa shape index (κ1) is 22.0. The Hall–Kier alpha value is -2.04. The molecule has 0 aliphatic rings. The number of hydrogen-bond acceptors (Lipinski definition) is 2. The molecule has 0 heterocycles. The van der Waals surface area contributed by atoms with E-state index in [0.717, 1.165) is 11.1 Å². The second kappa shape index (κ2) is 9.60. The molecule has 0 amide bonds. The van der Waals surface area contributed by atoms with Crippen LogP contribution < -0.4 is 15.8 Å². The highest BCUT2D eigenvalue weighted by atomic mass is 127. The number of nitrogens with two attached hydrogens (primary N) is 1. The topological polar surface area (TPSA) is 59.6 Å². The molecule has 0 unspecified atom stereocenters. The van der Waals surface area contributed by atoms with E-state index in [4.69, 9.17) is 5.73 Å². The first-order chi connectivity index (χ1) is 11.7. The number of guanidine groups is 1. The van der Waals surface area contributed by atoms with E-state index in [-0.39, 0.29) is 41.5 Å². The molecule has 3 N–H and O–H groups in total. The first-order valence-electron chi connectivity index (χ1n) is 7.41. The van der Waals surface area contributed by atoms with Crippen LogP contribution in [0.5, 0.6) is 5.75 Å². The van der Waals surface area contributed by atoms with Gasteiger partial charge in [0.05, 0.1) is 0 Å². The number of ether oxygens (including phenoxy) is 1. The Labute approximate surface area is 165 Å². The Balaban J connectivity index is 0.00000338. The molecule has 142 valence electrons. The first-order valence-corrected chi connectivity index (χ1v) is 7.41. The van der Waals surface area contributed by atoms with Crippen LogP contribution in [0, 0.1) is 12.7 Å². The van der Waals surface area contributed by atoms with E-state index in [1.807, 2.05) is 6.92 Å². The van der Waals surface area contributed by atoms with Crippen LogP contribution in [0.2, 0.25) is 0 Å². The maximum atomic E-state index is 13.0. The fraction of sp³-hybridized carbons (Fsp3) is 0.235. The van der Waals surface area contributed by atoms with Gasteiger partial charge in [-0.25, -0.2) is 4.39 Å². The average Bonchev–Trinajstić information content (AvgIpc) is 2.50. The van der Waals surface area contributed by atoms with Gasteiger partial charge >= 0.3 is 6.36 Å². The molecule has 2 aromatic rings. The Bertz CT molecular complexity index is 749. The Morgan fingerprint density at radius 1 is 1.15 bits per heavy atom. The molecule has 2 aromatic carbocycles. The van der Waals surface area contributed by atoms with Gasteiger partial charge in [0.25, 0.3) is 0 Å². The number of benzene rings is 2. The predicted octanol–water partition coefficient (Wildman–Crippen LogP) is 4.62. The number of nitrogens with one attached hydrogen (secondary N) is 1. The van der Waals surface area contributed by atoms with Crippen molar-refractivity contribution in [3.63, 3.8) is 0 Å². The minimum atomic E-state index is -4.73. The highest BCUT2D eigenvalue weighted by molar-refractivity contribution is 14.0. The van der Waals surface area contributed by atoms with Gasteiger partial charge in [0.2, 0.25) is 0 Å². The number of anilines is 1. The lowest BCUT2D eigenvalue weighted by atomic mass is 10.1. The van der Waals surface area contributed by atoms with Gasteiger partial charge in [-0.1, -0.05) is 6.07 Å². The fourth-order valence-electron chi connectivity index (χ4n) is 2.16. The van der Waals surface area contributed by atoms with Crippen molar-refractivity contribution in [2.75, 3.05) is 11.9 Å². The maximum Gasteiger partial charge on any atom is 0.573 e. The molecule has 0 aliphatic carbocycles. The lowest BCUT2D eigenvalue weighted by molar-refractivity contribution is -0.274. The number of aryl methyl sites for hydroxylation is 1. The van der Waals surface area contributed by atoms with Crippen LogP contribution in [-0.2, 0) is 6.42 Å². The number of aliphatic imine (C=N–C) groups is 1. The predicted molar refractivity (Wildman–Crippen MR) is 103 cm³/mol. The molecule has 0 bridgehead atoms. The van der Waals surface area contributed by atoms with Crippen molar-refractivity contribution in [3.05, 3.63) is 59.4 Å². The Morgan fingerprint density at radius 2 is 1.81 bits per heavy atom. The third kappa shape index (κ3) is 7.46. The van der Waals surface area contributed by atoms with Crippen molar-refractivity contribution in [2.45, 2.75) is 19.7 Å². The van der Waals surface area contributed by atoms with E-state index in [0.29, 0.717) is 18.7 Å². The van der Waals surface area contributed by atoms with Gasteiger partial charge in [0, 0.05) is 12.2 Å². The minimum absolute atomic E-state index is 0. The van der Waals surface area contributed by atoms with Crippen LogP contribution >= 0.6 is 24.0 Å². The quantitative estimate of drug-likeness (QED) is 0.283. The van der Waals surface area contributed by atoms with Crippen LogP contribution in [-0.4, -0.2) is 18.9 Å². The molecule has 9 heteroatoms. The second-order valence-electron chi connectivity index (χ2n) is 5.28. The number of hydrogen-bond donors (Lipinski definition) is 2. The van der Waals surface area contributed by atoms with Crippen molar-refractivity contribution in [3.8, 4) is 5.75 Å². The van der Waals surface area contributed by atoms with Gasteiger partial charge in [-0.15, -0.1) is 37.1 Å². The third-order valence-corrected chi connectivity index (χ3v) is 3.33. The molecular formula is C17H18F4IN3O. The van der Waals surface area contributed by atoms with Crippen molar-refractivity contribution in [2.24, 2.45) is 10.7 Å². The smallest absolute Gasteiger partial charge is 0.406 e. The maximum absolute atomic E-state index is 13.0. The SMILES string of the molecule is Cc1cc(F)ccc1CCN=C(N)Nc1ccc(OC(F)(F)F)cc1.I. The van der Waals surface area contributed by atoms with Crippen LogP contribution in [0.4, 0.5) is 23.2 Å². The van der Waals surface area contributed by atoms with E-state index < -0.39 is 6.36 Å². The van der Waals surface area contributed by atoms with Crippen LogP contribution in [0.1, 0.15) is 11.1 Å². The normalized spacial score (nSPS) is 11.7. The summed E-state index contributed by atoms with van der Waals surface area (Å²) in [4.78, 5) is 4.14. The Kier molecular flexibility index (Phi) is 8.12. The van der Waals surface area contributed by atoms with Crippen molar-refractivity contribution in [1.82, 2.24) is 0 Å². The molecule has 0 aliphatic heterocycles. The zero-order chi connectivity index (χ0) is 18.4. The minimum Gasteiger partial charge on any atom is -0.406 e. The van der Waals surface area contributed by atoms with Gasteiger partial charge in [0.1, 0.15) is 11.6 Å². The second-order valence-corrected chi connectivity index (χ2v) is 5.28. The molecule has 2 rings (SSSR count). The number of rotatable bonds is 5. The summed E-state index contributed by atoms with van der Waals surface area (Å²) in [6.45, 7) is 2.20. The Morgan fingerprint density at radius 3 is 2.38 bits per heavy atom. The van der Waals surface area contributed by atoms with Gasteiger partial charge < -0.3 is 15.8 Å². The van der Waals surface area contributed by atoms with Gasteiger partial charge in [-0.05, 0) is 60.9 Å². The van der Waals surface area contributed by atoms with Crippen molar-refractivity contribution < 1.29 is 22.3 Å². The van der Waals surface area contributed by atoms with E-state index in [9.17, 15) is 17.6 Å². The monoisotopic (exact) mass is 483 g/mol. The lowest BCUT2D eigenvalue weighted by Gasteiger charge is -2.10. The summed E-state index contributed by atoms with van der Waals surface area (Å²) < 4.78 is 53.1. The zero-order valence-electron chi connectivity index (χ0n) is 13.8. The van der Waals surface area contributed by atoms with Gasteiger partial charge in [0.15, 0.2) is 5.96 Å². The standard InChI is InChI=1S/C17H17F4N3O.HI/c1-11-10-13(18)3-2-12(11)8-9-23-16(22)24-14-4-6-15(7-5-14)25-17(19,20)21;/h2-7,10H,8-9H2,1H3,(H3,22,23,24);1H. The third-order valence-electron chi connectivity index (χ3n) is 3.33. The lowest BCUT2D eigenvalue weighted by Crippen LogP contribution is -2.23. The molecule has 0 saturated carbocycles. The molecule has 0 atom stereocenters. The van der Waals surface area contributed by atoms with Crippen LogP contribution in [0.3, 0.4) is 0 Å². The van der Waals surface area contributed by atoms with E-state index in [2.05, 4.69) is 15.0 Å². The zero-order valence-corrected chi connectivity index (χ0v) is 16.1. The summed E-state index contributed by atoms with van der Waals surface area (Å²) in [6, 6.07) is 9.67. The van der Waals surface area contributed by atoms with Gasteiger partial charge in [-0.3, -0.25) is 4.99 Å².